The highest BCUT2D eigenvalue weighted by Crippen LogP contribution is 2.28. The molecule has 110 valence electrons. The number of benzene rings is 1. The molecular formula is C15H14N6S. The second-order valence-corrected chi connectivity index (χ2v) is 6.31. The van der Waals surface area contributed by atoms with E-state index in [1.54, 1.807) is 4.52 Å². The SMILES string of the molecule is CC(C)c1cc(-c2nn3c(-c4ccccc4)nnc3s2)n[nH]1. The third-order valence-corrected chi connectivity index (χ3v) is 4.38. The summed E-state index contributed by atoms with van der Waals surface area (Å²) in [6, 6.07) is 12.0. The smallest absolute Gasteiger partial charge is 0.235 e. The first-order valence-corrected chi connectivity index (χ1v) is 7.87. The molecule has 0 spiro atoms. The predicted molar refractivity (Wildman–Crippen MR) is 85.8 cm³/mol. The van der Waals surface area contributed by atoms with E-state index in [1.165, 1.54) is 11.3 Å². The maximum atomic E-state index is 4.62. The van der Waals surface area contributed by atoms with Gasteiger partial charge in [0.15, 0.2) is 10.8 Å². The van der Waals surface area contributed by atoms with Crippen LogP contribution in [0.15, 0.2) is 36.4 Å². The van der Waals surface area contributed by atoms with E-state index in [1.807, 2.05) is 36.4 Å². The van der Waals surface area contributed by atoms with Crippen LogP contribution in [0.3, 0.4) is 0 Å². The van der Waals surface area contributed by atoms with Gasteiger partial charge >= 0.3 is 0 Å². The molecule has 0 aliphatic carbocycles. The first-order chi connectivity index (χ1) is 10.7. The zero-order chi connectivity index (χ0) is 15.1. The Balaban J connectivity index is 1.80. The van der Waals surface area contributed by atoms with Gasteiger partial charge in [-0.05, 0) is 12.0 Å². The number of nitrogens with one attached hydrogen (secondary N) is 1. The number of hydrogen-bond acceptors (Lipinski definition) is 5. The van der Waals surface area contributed by atoms with Crippen molar-refractivity contribution in [1.82, 2.24) is 30.0 Å². The molecule has 0 unspecified atom stereocenters. The minimum Gasteiger partial charge on any atom is -0.282 e. The van der Waals surface area contributed by atoms with Crippen molar-refractivity contribution in [2.45, 2.75) is 19.8 Å². The molecule has 0 aliphatic heterocycles. The molecule has 6 nitrogen and oxygen atoms in total. The van der Waals surface area contributed by atoms with Crippen molar-refractivity contribution in [3.63, 3.8) is 0 Å². The molecule has 1 N–H and O–H groups in total. The van der Waals surface area contributed by atoms with Crippen molar-refractivity contribution in [2.75, 3.05) is 0 Å². The highest BCUT2D eigenvalue weighted by molar-refractivity contribution is 7.19. The van der Waals surface area contributed by atoms with E-state index in [9.17, 15) is 0 Å². The van der Waals surface area contributed by atoms with Gasteiger partial charge in [0.05, 0.1) is 0 Å². The van der Waals surface area contributed by atoms with Crippen molar-refractivity contribution in [3.05, 3.63) is 42.1 Å². The fraction of sp³-hybridized carbons (Fsp3) is 0.200. The summed E-state index contributed by atoms with van der Waals surface area (Å²) in [6.07, 6.45) is 0. The Morgan fingerprint density at radius 2 is 1.95 bits per heavy atom. The van der Waals surface area contributed by atoms with Gasteiger partial charge in [-0.1, -0.05) is 55.5 Å². The van der Waals surface area contributed by atoms with Crippen LogP contribution in [0.1, 0.15) is 25.5 Å². The molecule has 0 bridgehead atoms. The minimum absolute atomic E-state index is 0.409. The molecule has 0 atom stereocenters. The van der Waals surface area contributed by atoms with Crippen LogP contribution >= 0.6 is 11.3 Å². The van der Waals surface area contributed by atoms with Crippen molar-refractivity contribution in [3.8, 4) is 22.1 Å². The van der Waals surface area contributed by atoms with Crippen molar-refractivity contribution < 1.29 is 0 Å². The lowest BCUT2D eigenvalue weighted by Crippen LogP contribution is -1.90. The molecule has 0 saturated heterocycles. The Bertz CT molecular complexity index is 918. The number of H-pyrrole nitrogens is 1. The molecule has 4 aromatic rings. The van der Waals surface area contributed by atoms with Crippen LogP contribution in [-0.2, 0) is 0 Å². The Hall–Kier alpha value is -2.54. The number of hydrogen-bond donors (Lipinski definition) is 1. The number of rotatable bonds is 3. The Morgan fingerprint density at radius 3 is 2.68 bits per heavy atom. The lowest BCUT2D eigenvalue weighted by Gasteiger charge is -1.96. The van der Waals surface area contributed by atoms with E-state index in [0.717, 1.165) is 32.7 Å². The van der Waals surface area contributed by atoms with E-state index < -0.39 is 0 Å². The topological polar surface area (TPSA) is 71.8 Å². The molecule has 3 heterocycles. The van der Waals surface area contributed by atoms with Crippen molar-refractivity contribution in [2.24, 2.45) is 0 Å². The summed E-state index contributed by atoms with van der Waals surface area (Å²) in [4.78, 5) is 0.767. The summed E-state index contributed by atoms with van der Waals surface area (Å²) in [5.74, 6) is 1.16. The Morgan fingerprint density at radius 1 is 1.14 bits per heavy atom. The van der Waals surface area contributed by atoms with Gasteiger partial charge in [-0.3, -0.25) is 5.10 Å². The summed E-state index contributed by atoms with van der Waals surface area (Å²) >= 11 is 1.49. The Labute approximate surface area is 130 Å². The van der Waals surface area contributed by atoms with Gasteiger partial charge in [0.1, 0.15) is 5.69 Å². The average molecular weight is 310 g/mol. The molecule has 0 fully saturated rings. The van der Waals surface area contributed by atoms with Crippen molar-refractivity contribution >= 4 is 16.3 Å². The molecule has 3 aromatic heterocycles. The second kappa shape index (κ2) is 5.03. The van der Waals surface area contributed by atoms with Gasteiger partial charge in [-0.15, -0.1) is 10.2 Å². The van der Waals surface area contributed by atoms with Gasteiger partial charge in [-0.2, -0.15) is 14.7 Å². The third kappa shape index (κ3) is 2.10. The number of nitrogens with zero attached hydrogens (tertiary/aromatic N) is 5. The van der Waals surface area contributed by atoms with Crippen LogP contribution in [0.5, 0.6) is 0 Å². The number of aromatic nitrogens is 6. The maximum absolute atomic E-state index is 4.62. The fourth-order valence-electron chi connectivity index (χ4n) is 2.23. The van der Waals surface area contributed by atoms with Crippen LogP contribution in [0.2, 0.25) is 0 Å². The summed E-state index contributed by atoms with van der Waals surface area (Å²) in [5.41, 5.74) is 2.94. The summed E-state index contributed by atoms with van der Waals surface area (Å²) < 4.78 is 1.78. The molecule has 7 heteroatoms. The monoisotopic (exact) mass is 310 g/mol. The van der Waals surface area contributed by atoms with E-state index in [4.69, 9.17) is 0 Å². The fourth-order valence-corrected chi connectivity index (χ4v) is 3.03. The standard InChI is InChI=1S/C15H14N6S/c1-9(2)11-8-12(17-16-11)14-20-21-13(18-19-15(21)22-14)10-6-4-3-5-7-10/h3-9H,1-2H3,(H,16,17). The van der Waals surface area contributed by atoms with Crippen LogP contribution in [0.4, 0.5) is 0 Å². The molecule has 22 heavy (non-hydrogen) atoms. The second-order valence-electron chi connectivity index (χ2n) is 5.35. The predicted octanol–water partition coefficient (Wildman–Crippen LogP) is 3.37. The highest BCUT2D eigenvalue weighted by atomic mass is 32.1. The minimum atomic E-state index is 0.409. The van der Waals surface area contributed by atoms with Gasteiger partial charge in [0.25, 0.3) is 0 Å². The average Bonchev–Trinajstić information content (AvgIpc) is 3.22. The summed E-state index contributed by atoms with van der Waals surface area (Å²) in [7, 11) is 0. The van der Waals surface area contributed by atoms with E-state index >= 15 is 0 Å². The van der Waals surface area contributed by atoms with E-state index in [2.05, 4.69) is 39.3 Å². The van der Waals surface area contributed by atoms with Gasteiger partial charge in [0.2, 0.25) is 4.96 Å². The third-order valence-electron chi connectivity index (χ3n) is 3.46. The summed E-state index contributed by atoms with van der Waals surface area (Å²) in [6.45, 7) is 4.26. The van der Waals surface area contributed by atoms with Crippen LogP contribution < -0.4 is 0 Å². The molecular weight excluding hydrogens is 296 g/mol. The molecule has 1 aromatic carbocycles. The van der Waals surface area contributed by atoms with Gasteiger partial charge in [0, 0.05) is 11.3 Å². The number of aromatic amines is 1. The highest BCUT2D eigenvalue weighted by Gasteiger charge is 2.16. The quantitative estimate of drug-likeness (QED) is 0.630. The molecule has 0 saturated carbocycles. The maximum Gasteiger partial charge on any atom is 0.235 e. The zero-order valence-corrected chi connectivity index (χ0v) is 13.0. The normalized spacial score (nSPS) is 11.6. The van der Waals surface area contributed by atoms with Gasteiger partial charge in [-0.25, -0.2) is 0 Å². The summed E-state index contributed by atoms with van der Waals surface area (Å²) in [5, 5.41) is 21.3. The largest absolute Gasteiger partial charge is 0.282 e. The van der Waals surface area contributed by atoms with Crippen LogP contribution in [-0.4, -0.2) is 30.0 Å². The molecule has 0 amide bonds. The van der Waals surface area contributed by atoms with E-state index in [-0.39, 0.29) is 0 Å². The van der Waals surface area contributed by atoms with Crippen LogP contribution in [0.25, 0.3) is 27.1 Å². The molecule has 4 rings (SSSR count). The van der Waals surface area contributed by atoms with E-state index in [0.29, 0.717) is 5.92 Å². The molecule has 0 radical (unpaired) electrons. The Kier molecular flexibility index (Phi) is 3.00. The van der Waals surface area contributed by atoms with Gasteiger partial charge < -0.3 is 0 Å². The molecule has 0 aliphatic rings. The first kappa shape index (κ1) is 13.1. The lowest BCUT2D eigenvalue weighted by atomic mass is 10.1. The first-order valence-electron chi connectivity index (χ1n) is 7.05. The van der Waals surface area contributed by atoms with Crippen LogP contribution in [0, 0.1) is 0 Å². The number of fused-ring (bicyclic) bond motifs is 1. The lowest BCUT2D eigenvalue weighted by molar-refractivity contribution is 0.810. The zero-order valence-electron chi connectivity index (χ0n) is 12.2. The van der Waals surface area contributed by atoms with Crippen molar-refractivity contribution in [1.29, 1.82) is 0 Å².